The van der Waals surface area contributed by atoms with Crippen molar-refractivity contribution in [1.29, 1.82) is 0 Å². The van der Waals surface area contributed by atoms with Gasteiger partial charge < -0.3 is 14.4 Å². The van der Waals surface area contributed by atoms with E-state index in [1.54, 1.807) is 47.0 Å². The fourth-order valence-corrected chi connectivity index (χ4v) is 2.46. The summed E-state index contributed by atoms with van der Waals surface area (Å²) >= 11 is 0.825. The first kappa shape index (κ1) is 19.8. The van der Waals surface area contributed by atoms with Gasteiger partial charge in [0, 0.05) is 14.1 Å². The second kappa shape index (κ2) is 8.05. The van der Waals surface area contributed by atoms with E-state index in [0.29, 0.717) is 10.6 Å². The molecule has 24 heavy (non-hydrogen) atoms. The van der Waals surface area contributed by atoms with Gasteiger partial charge in [-0.25, -0.2) is 9.59 Å². The van der Waals surface area contributed by atoms with Crippen molar-refractivity contribution < 1.29 is 23.9 Å². The standard InChI is InChI=1S/C16H22N2O5S/c1-16(2,3)23-14(20)17-11-9-7-8-10(13(19)22-6)12(11)24-15(21)18(4)5/h7-9H,1-6H3,(H,17,20). The minimum absolute atomic E-state index is 0.186. The first-order valence-corrected chi connectivity index (χ1v) is 7.97. The number of thioether (sulfide) groups is 1. The Balaban J connectivity index is 3.20. The number of anilines is 1. The molecular formula is C16H22N2O5S. The van der Waals surface area contributed by atoms with Crippen LogP contribution in [-0.2, 0) is 9.47 Å². The number of hydrogen-bond acceptors (Lipinski definition) is 6. The molecule has 0 radical (unpaired) electrons. The first-order chi connectivity index (χ1) is 11.0. The van der Waals surface area contributed by atoms with Gasteiger partial charge in [-0.2, -0.15) is 0 Å². The number of benzene rings is 1. The highest BCUT2D eigenvalue weighted by Gasteiger charge is 2.23. The Morgan fingerprint density at radius 3 is 2.29 bits per heavy atom. The van der Waals surface area contributed by atoms with Crippen LogP contribution < -0.4 is 5.32 Å². The third kappa shape index (κ3) is 5.77. The van der Waals surface area contributed by atoms with Crippen molar-refractivity contribution in [2.24, 2.45) is 0 Å². The summed E-state index contributed by atoms with van der Waals surface area (Å²) in [5.41, 5.74) is -0.185. The van der Waals surface area contributed by atoms with Crippen LogP contribution in [0.1, 0.15) is 31.1 Å². The fraction of sp³-hybridized carbons (Fsp3) is 0.438. The molecule has 132 valence electrons. The summed E-state index contributed by atoms with van der Waals surface area (Å²) in [4.78, 5) is 37.7. The van der Waals surface area contributed by atoms with Crippen LogP contribution in [-0.4, -0.2) is 49.0 Å². The minimum atomic E-state index is -0.677. The van der Waals surface area contributed by atoms with Crippen molar-refractivity contribution in [3.05, 3.63) is 23.8 Å². The number of ether oxygens (including phenoxy) is 2. The topological polar surface area (TPSA) is 84.9 Å². The van der Waals surface area contributed by atoms with E-state index in [1.807, 2.05) is 0 Å². The Bertz CT molecular complexity index is 638. The van der Waals surface area contributed by atoms with Gasteiger partial charge in [0.25, 0.3) is 5.24 Å². The van der Waals surface area contributed by atoms with Crippen molar-refractivity contribution in [2.75, 3.05) is 26.5 Å². The van der Waals surface area contributed by atoms with Gasteiger partial charge in [0.15, 0.2) is 0 Å². The van der Waals surface area contributed by atoms with Crippen molar-refractivity contribution in [2.45, 2.75) is 31.3 Å². The van der Waals surface area contributed by atoms with Gasteiger partial charge in [0.1, 0.15) is 5.60 Å². The van der Waals surface area contributed by atoms with E-state index in [1.165, 1.54) is 18.1 Å². The normalized spacial score (nSPS) is 10.8. The molecule has 0 unspecified atom stereocenters. The lowest BCUT2D eigenvalue weighted by molar-refractivity contribution is 0.0592. The summed E-state index contributed by atoms with van der Waals surface area (Å²) in [7, 11) is 4.44. The van der Waals surface area contributed by atoms with Gasteiger partial charge in [-0.1, -0.05) is 6.07 Å². The summed E-state index contributed by atoms with van der Waals surface area (Å²) in [6.07, 6.45) is -0.677. The molecule has 7 nitrogen and oxygen atoms in total. The number of amides is 2. The van der Waals surface area contributed by atoms with E-state index in [0.717, 1.165) is 11.8 Å². The van der Waals surface area contributed by atoms with Crippen LogP contribution >= 0.6 is 11.8 Å². The quantitative estimate of drug-likeness (QED) is 0.659. The highest BCUT2D eigenvalue weighted by atomic mass is 32.2. The van der Waals surface area contributed by atoms with Gasteiger partial charge in [-0.15, -0.1) is 0 Å². The second-order valence-electron chi connectivity index (χ2n) is 6.06. The molecule has 2 amide bonds. The van der Waals surface area contributed by atoms with Crippen molar-refractivity contribution in [3.63, 3.8) is 0 Å². The lowest BCUT2D eigenvalue weighted by atomic mass is 10.2. The number of methoxy groups -OCH3 is 1. The molecule has 0 fully saturated rings. The molecule has 0 heterocycles. The zero-order valence-electron chi connectivity index (χ0n) is 14.6. The Morgan fingerprint density at radius 1 is 1.17 bits per heavy atom. The predicted octanol–water partition coefficient (Wildman–Crippen LogP) is 3.59. The van der Waals surface area contributed by atoms with Crippen LogP contribution in [0.25, 0.3) is 0 Å². The third-order valence-electron chi connectivity index (χ3n) is 2.61. The molecule has 0 aromatic heterocycles. The molecule has 0 spiro atoms. The van der Waals surface area contributed by atoms with Crippen LogP contribution in [0, 0.1) is 0 Å². The summed E-state index contributed by atoms with van der Waals surface area (Å²) in [6, 6.07) is 4.70. The molecule has 0 saturated carbocycles. The summed E-state index contributed by atoms with van der Waals surface area (Å²) in [6.45, 7) is 5.22. The van der Waals surface area contributed by atoms with E-state index in [4.69, 9.17) is 9.47 Å². The highest BCUT2D eigenvalue weighted by Crippen LogP contribution is 2.33. The van der Waals surface area contributed by atoms with E-state index < -0.39 is 17.7 Å². The lowest BCUT2D eigenvalue weighted by Crippen LogP contribution is -2.27. The van der Waals surface area contributed by atoms with Crippen LogP contribution in [0.15, 0.2) is 23.1 Å². The monoisotopic (exact) mass is 354 g/mol. The van der Waals surface area contributed by atoms with Gasteiger partial charge in [-0.3, -0.25) is 10.1 Å². The maximum absolute atomic E-state index is 12.0. The highest BCUT2D eigenvalue weighted by molar-refractivity contribution is 8.13. The van der Waals surface area contributed by atoms with Crippen LogP contribution in [0.4, 0.5) is 15.3 Å². The number of carbonyl (C=O) groups is 3. The summed E-state index contributed by atoms with van der Waals surface area (Å²) in [5, 5.41) is 2.28. The summed E-state index contributed by atoms with van der Waals surface area (Å²) < 4.78 is 9.94. The largest absolute Gasteiger partial charge is 0.465 e. The molecule has 0 aliphatic carbocycles. The molecule has 0 atom stereocenters. The Kier molecular flexibility index (Phi) is 6.65. The van der Waals surface area contributed by atoms with Gasteiger partial charge in [0.05, 0.1) is 23.3 Å². The zero-order valence-corrected chi connectivity index (χ0v) is 15.4. The SMILES string of the molecule is COC(=O)c1cccc(NC(=O)OC(C)(C)C)c1SC(=O)N(C)C. The molecule has 0 bridgehead atoms. The average molecular weight is 354 g/mol. The van der Waals surface area contributed by atoms with E-state index in [9.17, 15) is 14.4 Å². The maximum atomic E-state index is 12.0. The molecule has 1 aromatic carbocycles. The van der Waals surface area contributed by atoms with Crippen molar-refractivity contribution in [1.82, 2.24) is 4.90 Å². The molecule has 1 N–H and O–H groups in total. The number of nitrogens with zero attached hydrogens (tertiary/aromatic N) is 1. The number of carbonyl (C=O) groups excluding carboxylic acids is 3. The third-order valence-corrected chi connectivity index (χ3v) is 3.79. The molecule has 0 aliphatic rings. The number of nitrogens with one attached hydrogen (secondary N) is 1. The second-order valence-corrected chi connectivity index (χ2v) is 7.02. The number of rotatable bonds is 3. The number of esters is 1. The summed E-state index contributed by atoms with van der Waals surface area (Å²) in [5.74, 6) is -0.600. The van der Waals surface area contributed by atoms with E-state index in [-0.39, 0.29) is 10.8 Å². The molecule has 0 saturated heterocycles. The van der Waals surface area contributed by atoms with E-state index >= 15 is 0 Å². The van der Waals surface area contributed by atoms with Crippen LogP contribution in [0.3, 0.4) is 0 Å². The predicted molar refractivity (Wildman–Crippen MR) is 92.6 cm³/mol. The van der Waals surface area contributed by atoms with E-state index in [2.05, 4.69) is 5.32 Å². The smallest absolute Gasteiger partial charge is 0.412 e. The van der Waals surface area contributed by atoms with Gasteiger partial charge >= 0.3 is 12.1 Å². The molecular weight excluding hydrogens is 332 g/mol. The molecule has 8 heteroatoms. The average Bonchev–Trinajstić information content (AvgIpc) is 2.45. The Labute approximate surface area is 145 Å². The first-order valence-electron chi connectivity index (χ1n) is 7.15. The minimum Gasteiger partial charge on any atom is -0.465 e. The molecule has 1 rings (SSSR count). The van der Waals surface area contributed by atoms with Crippen molar-refractivity contribution >= 4 is 34.8 Å². The molecule has 1 aromatic rings. The van der Waals surface area contributed by atoms with Gasteiger partial charge in [0.2, 0.25) is 0 Å². The lowest BCUT2D eigenvalue weighted by Gasteiger charge is -2.21. The van der Waals surface area contributed by atoms with Crippen LogP contribution in [0.5, 0.6) is 0 Å². The fourth-order valence-electron chi connectivity index (χ4n) is 1.61. The van der Waals surface area contributed by atoms with Crippen LogP contribution in [0.2, 0.25) is 0 Å². The Morgan fingerprint density at radius 2 is 1.79 bits per heavy atom. The van der Waals surface area contributed by atoms with Gasteiger partial charge in [-0.05, 0) is 44.7 Å². The Hall–Kier alpha value is -2.22. The molecule has 0 aliphatic heterocycles. The number of hydrogen-bond donors (Lipinski definition) is 1. The zero-order chi connectivity index (χ0) is 18.5. The van der Waals surface area contributed by atoms with Crippen molar-refractivity contribution in [3.8, 4) is 0 Å². The maximum Gasteiger partial charge on any atom is 0.412 e.